The lowest BCUT2D eigenvalue weighted by Crippen LogP contribution is -2.33. The highest BCUT2D eigenvalue weighted by atomic mass is 127. The van der Waals surface area contributed by atoms with Crippen molar-refractivity contribution in [2.75, 3.05) is 38.4 Å². The van der Waals surface area contributed by atoms with Crippen LogP contribution in [0.5, 0.6) is 23.0 Å². The van der Waals surface area contributed by atoms with Crippen LogP contribution < -0.4 is 29.6 Å². The van der Waals surface area contributed by atoms with Crippen LogP contribution in [0, 0.1) is 0 Å². The van der Waals surface area contributed by atoms with Gasteiger partial charge in [0.1, 0.15) is 0 Å². The Morgan fingerprint density at radius 3 is 2.65 bits per heavy atom. The molecule has 0 radical (unpaired) electrons. The minimum absolute atomic E-state index is 0. The predicted octanol–water partition coefficient (Wildman–Crippen LogP) is 3.69. The Labute approximate surface area is 215 Å². The molecule has 0 amide bonds. The van der Waals surface area contributed by atoms with Gasteiger partial charge < -0.3 is 29.6 Å². The molecule has 0 atom stereocenters. The Hall–Kier alpha value is -3.15. The maximum Gasteiger partial charge on any atom is 0.231 e. The van der Waals surface area contributed by atoms with E-state index in [0.29, 0.717) is 32.3 Å². The zero-order valence-electron chi connectivity index (χ0n) is 18.7. The molecule has 3 aromatic rings. The van der Waals surface area contributed by atoms with Crippen LogP contribution in [0.15, 0.2) is 59.9 Å². The van der Waals surface area contributed by atoms with Crippen molar-refractivity contribution in [3.8, 4) is 23.0 Å². The van der Waals surface area contributed by atoms with Gasteiger partial charge in [0.25, 0.3) is 0 Å². The molecule has 0 bridgehead atoms. The first kappa shape index (κ1) is 24.0. The van der Waals surface area contributed by atoms with Crippen LogP contribution in [0.2, 0.25) is 0 Å². The number of ether oxygens (including phenoxy) is 4. The monoisotopic (exact) mass is 577 g/mol. The van der Waals surface area contributed by atoms with Crippen LogP contribution in [-0.2, 0) is 13.0 Å². The number of rotatable bonds is 7. The number of aliphatic imine (C=N–C) groups is 1. The first-order chi connectivity index (χ1) is 16.3. The number of fused-ring (bicyclic) bond motifs is 2. The maximum atomic E-state index is 5.82. The summed E-state index contributed by atoms with van der Waals surface area (Å²) in [7, 11) is 0. The summed E-state index contributed by atoms with van der Waals surface area (Å²) in [5.74, 6) is 3.79. The van der Waals surface area contributed by atoms with Gasteiger partial charge in [0.05, 0.1) is 19.8 Å². The van der Waals surface area contributed by atoms with Crippen LogP contribution in [-0.4, -0.2) is 48.8 Å². The lowest BCUT2D eigenvalue weighted by molar-refractivity contribution is 0.174. The number of benzene rings is 2. The summed E-state index contributed by atoms with van der Waals surface area (Å²) in [6.45, 7) is 3.62. The third-order valence-corrected chi connectivity index (χ3v) is 5.31. The third-order valence-electron chi connectivity index (χ3n) is 5.31. The maximum absolute atomic E-state index is 5.82. The van der Waals surface area contributed by atoms with E-state index in [1.54, 1.807) is 6.20 Å². The third kappa shape index (κ3) is 6.25. The number of guanidine groups is 1. The van der Waals surface area contributed by atoms with Gasteiger partial charge in [-0.1, -0.05) is 6.07 Å². The van der Waals surface area contributed by atoms with E-state index in [2.05, 4.69) is 15.7 Å². The molecule has 2 aliphatic heterocycles. The molecule has 0 fully saturated rings. The second kappa shape index (κ2) is 11.8. The van der Waals surface area contributed by atoms with E-state index < -0.39 is 0 Å². The molecule has 9 nitrogen and oxygen atoms in total. The highest BCUT2D eigenvalue weighted by Gasteiger charge is 2.14. The normalized spacial score (nSPS) is 14.2. The molecule has 0 aliphatic carbocycles. The molecule has 3 heterocycles. The highest BCUT2D eigenvalue weighted by Crippen LogP contribution is 2.33. The van der Waals surface area contributed by atoms with Gasteiger partial charge in [0.2, 0.25) is 6.79 Å². The Kier molecular flexibility index (Phi) is 8.34. The number of anilines is 1. The van der Waals surface area contributed by atoms with Gasteiger partial charge in [-0.15, -0.1) is 24.0 Å². The molecule has 2 N–H and O–H groups in total. The Morgan fingerprint density at radius 2 is 1.76 bits per heavy atom. The Balaban J connectivity index is 0.00000274. The average Bonchev–Trinajstić information content (AvgIpc) is 3.46. The molecule has 180 valence electrons. The fraction of sp³-hybridized carbons (Fsp3) is 0.333. The zero-order valence-corrected chi connectivity index (χ0v) is 21.1. The van der Waals surface area contributed by atoms with E-state index in [0.717, 1.165) is 53.6 Å². The molecule has 0 unspecified atom stereocenters. The first-order valence-corrected chi connectivity index (χ1v) is 11.1. The summed E-state index contributed by atoms with van der Waals surface area (Å²) in [6, 6.07) is 13.8. The molecule has 2 aromatic carbocycles. The molecule has 34 heavy (non-hydrogen) atoms. The quantitative estimate of drug-likeness (QED) is 0.252. The molecule has 0 saturated heterocycles. The van der Waals surface area contributed by atoms with Gasteiger partial charge >= 0.3 is 0 Å². The van der Waals surface area contributed by atoms with Gasteiger partial charge in [-0.25, -0.2) is 0 Å². The number of halogens is 1. The van der Waals surface area contributed by atoms with E-state index in [-0.39, 0.29) is 30.8 Å². The largest absolute Gasteiger partial charge is 0.490 e. The van der Waals surface area contributed by atoms with Crippen molar-refractivity contribution in [2.24, 2.45) is 4.99 Å². The smallest absolute Gasteiger partial charge is 0.231 e. The number of aromatic nitrogens is 2. The Morgan fingerprint density at radius 1 is 0.971 bits per heavy atom. The van der Waals surface area contributed by atoms with E-state index >= 15 is 0 Å². The molecular weight excluding hydrogens is 549 g/mol. The predicted molar refractivity (Wildman–Crippen MR) is 140 cm³/mol. The van der Waals surface area contributed by atoms with Crippen molar-refractivity contribution in [1.82, 2.24) is 15.1 Å². The van der Waals surface area contributed by atoms with Crippen molar-refractivity contribution in [3.05, 3.63) is 60.4 Å². The number of nitrogens with one attached hydrogen (secondary N) is 2. The molecule has 5 rings (SSSR count). The minimum Gasteiger partial charge on any atom is -0.490 e. The van der Waals surface area contributed by atoms with Crippen LogP contribution in [0.1, 0.15) is 12.0 Å². The molecular formula is C24H28IN5O4. The minimum atomic E-state index is 0. The zero-order chi connectivity index (χ0) is 22.3. The number of hydrogen-bond acceptors (Lipinski definition) is 6. The second-order valence-electron chi connectivity index (χ2n) is 7.70. The van der Waals surface area contributed by atoms with Gasteiger partial charge in [-0.05, 0) is 42.3 Å². The van der Waals surface area contributed by atoms with Crippen LogP contribution in [0.25, 0.3) is 0 Å². The van der Waals surface area contributed by atoms with Gasteiger partial charge in [-0.2, -0.15) is 5.10 Å². The van der Waals surface area contributed by atoms with Gasteiger partial charge in [0, 0.05) is 43.7 Å². The van der Waals surface area contributed by atoms with E-state index in [9.17, 15) is 0 Å². The van der Waals surface area contributed by atoms with Crippen molar-refractivity contribution < 1.29 is 18.9 Å². The first-order valence-electron chi connectivity index (χ1n) is 11.1. The topological polar surface area (TPSA) is 91.2 Å². The van der Waals surface area contributed by atoms with Crippen molar-refractivity contribution in [1.29, 1.82) is 0 Å². The molecule has 1 aromatic heterocycles. The number of hydrogen-bond donors (Lipinski definition) is 2. The molecule has 0 saturated carbocycles. The van der Waals surface area contributed by atoms with Crippen molar-refractivity contribution in [2.45, 2.75) is 19.4 Å². The highest BCUT2D eigenvalue weighted by molar-refractivity contribution is 14.0. The summed E-state index contributed by atoms with van der Waals surface area (Å²) in [6.07, 6.45) is 5.37. The van der Waals surface area contributed by atoms with Gasteiger partial charge in [0.15, 0.2) is 29.0 Å². The van der Waals surface area contributed by atoms with E-state index in [1.165, 1.54) is 0 Å². The van der Waals surface area contributed by atoms with E-state index in [4.69, 9.17) is 23.9 Å². The summed E-state index contributed by atoms with van der Waals surface area (Å²) in [5.41, 5.74) is 2.03. The fourth-order valence-corrected chi connectivity index (χ4v) is 3.63. The van der Waals surface area contributed by atoms with Crippen LogP contribution in [0.4, 0.5) is 5.69 Å². The SMILES string of the molecule is I.c1cnn(CCNC(=NCCc2ccc3c(c2)OCO3)Nc2ccc3c(c2)OCCCO3)c1. The molecule has 0 spiro atoms. The van der Waals surface area contributed by atoms with Gasteiger partial charge in [-0.3, -0.25) is 9.67 Å². The summed E-state index contributed by atoms with van der Waals surface area (Å²) in [5, 5.41) is 11.0. The lowest BCUT2D eigenvalue weighted by Gasteiger charge is -2.15. The lowest BCUT2D eigenvalue weighted by atomic mass is 10.1. The fourth-order valence-electron chi connectivity index (χ4n) is 3.63. The summed E-state index contributed by atoms with van der Waals surface area (Å²) in [4.78, 5) is 4.78. The second-order valence-corrected chi connectivity index (χ2v) is 7.70. The van der Waals surface area contributed by atoms with Crippen molar-refractivity contribution in [3.63, 3.8) is 0 Å². The Bertz CT molecular complexity index is 1110. The molecule has 2 aliphatic rings. The van der Waals surface area contributed by atoms with E-state index in [1.807, 2.05) is 53.3 Å². The van der Waals surface area contributed by atoms with Crippen molar-refractivity contribution >= 4 is 35.6 Å². The average molecular weight is 577 g/mol. The van der Waals surface area contributed by atoms with Crippen LogP contribution >= 0.6 is 24.0 Å². The number of nitrogens with zero attached hydrogens (tertiary/aromatic N) is 3. The van der Waals surface area contributed by atoms with Crippen LogP contribution in [0.3, 0.4) is 0 Å². The molecule has 10 heteroatoms. The summed E-state index contributed by atoms with van der Waals surface area (Å²) >= 11 is 0. The standard InChI is InChI=1S/C24H27N5O4.HI/c1-8-27-29(11-1)12-10-26-24(25-9-7-18-3-5-21-22(15-18)33-17-32-21)28-19-4-6-20-23(16-19)31-14-2-13-30-20;/h1,3-6,8,11,15-16H,2,7,9-10,12-14,17H2,(H2,25,26,28);1H. The summed E-state index contributed by atoms with van der Waals surface area (Å²) < 4.78 is 24.3.